The molecule has 0 radical (unpaired) electrons. The predicted molar refractivity (Wildman–Crippen MR) is 71.2 cm³/mol. The first-order valence-electron chi connectivity index (χ1n) is 7.12. The van der Waals surface area contributed by atoms with Crippen molar-refractivity contribution < 1.29 is 14.6 Å². The van der Waals surface area contributed by atoms with Gasteiger partial charge >= 0.3 is 0 Å². The minimum Gasteiger partial charge on any atom is -0.396 e. The normalized spacial score (nSPS) is 24.2. The van der Waals surface area contributed by atoms with Crippen LogP contribution in [0.25, 0.3) is 0 Å². The molecule has 2 unspecified atom stereocenters. The molecule has 0 saturated carbocycles. The summed E-state index contributed by atoms with van der Waals surface area (Å²) >= 11 is 0. The fourth-order valence-electron chi connectivity index (χ4n) is 2.54. The Labute approximate surface area is 110 Å². The zero-order chi connectivity index (χ0) is 13.6. The Morgan fingerprint density at radius 2 is 2.06 bits per heavy atom. The summed E-state index contributed by atoms with van der Waals surface area (Å²) in [6, 6.07) is 0. The Bertz CT molecular complexity index is 256. The maximum atomic E-state index is 12.1. The van der Waals surface area contributed by atoms with Gasteiger partial charge in [0, 0.05) is 18.6 Å². The summed E-state index contributed by atoms with van der Waals surface area (Å²) in [5, 5.41) is 12.5. The summed E-state index contributed by atoms with van der Waals surface area (Å²) in [6.45, 7) is 7.52. The van der Waals surface area contributed by atoms with Gasteiger partial charge in [0.15, 0.2) is 0 Å². The molecule has 0 aromatic rings. The molecule has 4 heteroatoms. The summed E-state index contributed by atoms with van der Waals surface area (Å²) in [5.41, 5.74) is -0.170. The molecule has 1 fully saturated rings. The molecule has 0 spiro atoms. The lowest BCUT2D eigenvalue weighted by Gasteiger charge is -2.30. The van der Waals surface area contributed by atoms with Crippen LogP contribution in [0.15, 0.2) is 0 Å². The molecule has 18 heavy (non-hydrogen) atoms. The van der Waals surface area contributed by atoms with Crippen LogP contribution in [0, 0.1) is 11.3 Å². The number of hydrogen-bond acceptors (Lipinski definition) is 3. The zero-order valence-electron chi connectivity index (χ0n) is 11.9. The minimum absolute atomic E-state index is 0.0138. The number of carbonyl (C=O) groups is 1. The number of ether oxygens (including phenoxy) is 1. The Morgan fingerprint density at radius 3 is 2.56 bits per heavy atom. The number of aliphatic hydroxyl groups excluding tert-OH is 1. The van der Waals surface area contributed by atoms with E-state index >= 15 is 0 Å². The lowest BCUT2D eigenvalue weighted by Crippen LogP contribution is -2.43. The van der Waals surface area contributed by atoms with Crippen molar-refractivity contribution >= 4 is 5.91 Å². The molecule has 1 aliphatic rings. The summed E-state index contributed by atoms with van der Waals surface area (Å²) in [5.74, 6) is 0.0687. The van der Waals surface area contributed by atoms with E-state index in [0.29, 0.717) is 13.2 Å². The number of amides is 1. The first-order chi connectivity index (χ1) is 8.62. The molecular weight excluding hydrogens is 230 g/mol. The smallest absolute Gasteiger partial charge is 0.225 e. The molecule has 0 bridgehead atoms. The van der Waals surface area contributed by atoms with Gasteiger partial charge in [-0.3, -0.25) is 4.79 Å². The Hall–Kier alpha value is -0.610. The van der Waals surface area contributed by atoms with Crippen LogP contribution in [0.2, 0.25) is 0 Å². The summed E-state index contributed by atoms with van der Waals surface area (Å²) in [6.07, 6.45) is 3.51. The van der Waals surface area contributed by atoms with E-state index < -0.39 is 0 Å². The minimum atomic E-state index is -0.170. The van der Waals surface area contributed by atoms with E-state index in [0.717, 1.165) is 25.7 Å². The lowest BCUT2D eigenvalue weighted by atomic mass is 9.83. The number of carbonyl (C=O) groups excluding carboxylic acids is 1. The van der Waals surface area contributed by atoms with E-state index in [-0.39, 0.29) is 30.0 Å². The van der Waals surface area contributed by atoms with Gasteiger partial charge in [0.2, 0.25) is 5.91 Å². The highest BCUT2D eigenvalue weighted by Crippen LogP contribution is 2.26. The van der Waals surface area contributed by atoms with E-state index in [2.05, 4.69) is 19.2 Å². The van der Waals surface area contributed by atoms with Gasteiger partial charge in [-0.25, -0.2) is 0 Å². The van der Waals surface area contributed by atoms with Crippen molar-refractivity contribution in [1.82, 2.24) is 5.32 Å². The third-order valence-corrected chi connectivity index (χ3v) is 4.42. The van der Waals surface area contributed by atoms with Gasteiger partial charge in [-0.2, -0.15) is 0 Å². The lowest BCUT2D eigenvalue weighted by molar-refractivity contribution is -0.127. The van der Waals surface area contributed by atoms with E-state index in [1.807, 2.05) is 6.92 Å². The topological polar surface area (TPSA) is 58.6 Å². The largest absolute Gasteiger partial charge is 0.396 e. The standard InChI is InChI=1S/C14H27NO3/c1-4-12-11(7-8-18-12)13(17)15-9-14(5-2,6-3)10-16/h11-12,16H,4-10H2,1-3H3,(H,15,17). The SMILES string of the molecule is CCC1OCCC1C(=O)NCC(CC)(CC)CO. The van der Waals surface area contributed by atoms with E-state index in [4.69, 9.17) is 4.74 Å². The van der Waals surface area contributed by atoms with Crippen molar-refractivity contribution in [2.45, 2.75) is 52.6 Å². The molecule has 2 N–H and O–H groups in total. The highest BCUT2D eigenvalue weighted by molar-refractivity contribution is 5.79. The fraction of sp³-hybridized carbons (Fsp3) is 0.929. The van der Waals surface area contributed by atoms with Crippen molar-refractivity contribution in [3.05, 3.63) is 0 Å². The van der Waals surface area contributed by atoms with Crippen LogP contribution in [0.1, 0.15) is 46.5 Å². The number of rotatable bonds is 7. The van der Waals surface area contributed by atoms with Crippen molar-refractivity contribution in [2.24, 2.45) is 11.3 Å². The molecule has 0 aliphatic carbocycles. The molecule has 1 aliphatic heterocycles. The third kappa shape index (κ3) is 3.45. The maximum Gasteiger partial charge on any atom is 0.225 e. The third-order valence-electron chi connectivity index (χ3n) is 4.42. The highest BCUT2D eigenvalue weighted by atomic mass is 16.5. The van der Waals surface area contributed by atoms with Crippen LogP contribution < -0.4 is 5.32 Å². The number of hydrogen-bond donors (Lipinski definition) is 2. The van der Waals surface area contributed by atoms with Gasteiger partial charge in [-0.1, -0.05) is 20.8 Å². The second-order valence-corrected chi connectivity index (χ2v) is 5.30. The Kier molecular flexibility index (Phi) is 6.09. The van der Waals surface area contributed by atoms with Gasteiger partial charge in [-0.15, -0.1) is 0 Å². The molecule has 2 atom stereocenters. The van der Waals surface area contributed by atoms with Gasteiger partial charge in [0.25, 0.3) is 0 Å². The molecule has 1 amide bonds. The Balaban J connectivity index is 2.49. The van der Waals surface area contributed by atoms with Crippen molar-refractivity contribution in [3.8, 4) is 0 Å². The van der Waals surface area contributed by atoms with Crippen LogP contribution in [0.5, 0.6) is 0 Å². The molecule has 1 heterocycles. The zero-order valence-corrected chi connectivity index (χ0v) is 11.9. The molecule has 4 nitrogen and oxygen atoms in total. The highest BCUT2D eigenvalue weighted by Gasteiger charge is 2.34. The van der Waals surface area contributed by atoms with Crippen LogP contribution >= 0.6 is 0 Å². The van der Waals surface area contributed by atoms with Gasteiger partial charge in [-0.05, 0) is 25.7 Å². The molecule has 1 saturated heterocycles. The van der Waals surface area contributed by atoms with Gasteiger partial charge < -0.3 is 15.2 Å². The van der Waals surface area contributed by atoms with Gasteiger partial charge in [0.05, 0.1) is 18.6 Å². The predicted octanol–water partition coefficient (Wildman–Crippen LogP) is 1.72. The van der Waals surface area contributed by atoms with Crippen LogP contribution in [-0.2, 0) is 9.53 Å². The number of nitrogens with one attached hydrogen (secondary N) is 1. The van der Waals surface area contributed by atoms with E-state index in [1.165, 1.54) is 0 Å². The van der Waals surface area contributed by atoms with Crippen molar-refractivity contribution in [1.29, 1.82) is 0 Å². The monoisotopic (exact) mass is 257 g/mol. The van der Waals surface area contributed by atoms with Gasteiger partial charge in [0.1, 0.15) is 0 Å². The van der Waals surface area contributed by atoms with Crippen LogP contribution in [-0.4, -0.2) is 36.9 Å². The Morgan fingerprint density at radius 1 is 1.39 bits per heavy atom. The van der Waals surface area contributed by atoms with Crippen LogP contribution in [0.4, 0.5) is 0 Å². The molecular formula is C14H27NO3. The molecule has 0 aromatic heterocycles. The second kappa shape index (κ2) is 7.10. The van der Waals surface area contributed by atoms with E-state index in [9.17, 15) is 9.90 Å². The number of aliphatic hydroxyl groups is 1. The summed E-state index contributed by atoms with van der Waals surface area (Å²) in [4.78, 5) is 12.1. The average molecular weight is 257 g/mol. The summed E-state index contributed by atoms with van der Waals surface area (Å²) < 4.78 is 5.54. The van der Waals surface area contributed by atoms with Crippen molar-refractivity contribution in [2.75, 3.05) is 19.8 Å². The maximum absolute atomic E-state index is 12.1. The molecule has 0 aromatic carbocycles. The summed E-state index contributed by atoms with van der Waals surface area (Å²) in [7, 11) is 0. The first-order valence-corrected chi connectivity index (χ1v) is 7.12. The van der Waals surface area contributed by atoms with Crippen molar-refractivity contribution in [3.63, 3.8) is 0 Å². The average Bonchev–Trinajstić information content (AvgIpc) is 2.89. The molecule has 106 valence electrons. The van der Waals surface area contributed by atoms with Crippen LogP contribution in [0.3, 0.4) is 0 Å². The quantitative estimate of drug-likeness (QED) is 0.730. The second-order valence-electron chi connectivity index (χ2n) is 5.30. The molecule has 1 rings (SSSR count). The fourth-order valence-corrected chi connectivity index (χ4v) is 2.54. The van der Waals surface area contributed by atoms with E-state index in [1.54, 1.807) is 0 Å². The first kappa shape index (κ1) is 15.4.